The summed E-state index contributed by atoms with van der Waals surface area (Å²) in [6.45, 7) is 4.48. The molecule has 1 aliphatic rings. The van der Waals surface area contributed by atoms with E-state index in [0.717, 1.165) is 16.8 Å². The quantitative estimate of drug-likeness (QED) is 0.832. The average Bonchev–Trinajstić information content (AvgIpc) is 2.70. The maximum absolute atomic E-state index is 12.8. The van der Waals surface area contributed by atoms with Gasteiger partial charge in [0.15, 0.2) is 0 Å². The molecular weight excluding hydrogens is 350 g/mol. The van der Waals surface area contributed by atoms with Crippen LogP contribution in [0.15, 0.2) is 48.5 Å². The van der Waals surface area contributed by atoms with Crippen molar-refractivity contribution in [3.05, 3.63) is 65.2 Å². The first kappa shape index (κ1) is 19.6. The van der Waals surface area contributed by atoms with Crippen LogP contribution in [0.25, 0.3) is 0 Å². The number of para-hydroxylation sites is 1. The van der Waals surface area contributed by atoms with E-state index in [-0.39, 0.29) is 23.8 Å². The number of fused-ring (bicyclic) bond motifs is 1. The maximum atomic E-state index is 12.8. The van der Waals surface area contributed by atoms with E-state index in [2.05, 4.69) is 11.4 Å². The van der Waals surface area contributed by atoms with Gasteiger partial charge in [0.1, 0.15) is 0 Å². The Bertz CT molecular complexity index is 897. The lowest BCUT2D eigenvalue weighted by Gasteiger charge is -2.29. The van der Waals surface area contributed by atoms with E-state index in [1.807, 2.05) is 55.1 Å². The van der Waals surface area contributed by atoms with Gasteiger partial charge in [-0.1, -0.05) is 30.3 Å². The molecule has 1 heterocycles. The second kappa shape index (κ2) is 8.71. The van der Waals surface area contributed by atoms with Crippen molar-refractivity contribution < 1.29 is 9.59 Å². The number of nitrogens with one attached hydrogen (secondary N) is 1. The number of hydrogen-bond donors (Lipinski definition) is 1. The number of hydrogen-bond acceptors (Lipinski definition) is 3. The van der Waals surface area contributed by atoms with Gasteiger partial charge >= 0.3 is 0 Å². The van der Waals surface area contributed by atoms with E-state index in [0.29, 0.717) is 31.4 Å². The average molecular weight is 375 g/mol. The van der Waals surface area contributed by atoms with Crippen LogP contribution in [0.4, 0.5) is 5.69 Å². The summed E-state index contributed by atoms with van der Waals surface area (Å²) in [5, 5.41) is 11.9. The highest BCUT2D eigenvalue weighted by Crippen LogP contribution is 2.28. The van der Waals surface area contributed by atoms with Crippen molar-refractivity contribution in [3.63, 3.8) is 0 Å². The molecule has 0 spiro atoms. The summed E-state index contributed by atoms with van der Waals surface area (Å²) < 4.78 is 0. The fraction of sp³-hybridized carbons (Fsp3) is 0.348. The molecule has 2 aromatic carbocycles. The largest absolute Gasteiger partial charge is 0.336 e. The molecule has 2 amide bonds. The summed E-state index contributed by atoms with van der Waals surface area (Å²) in [4.78, 5) is 27.0. The van der Waals surface area contributed by atoms with Crippen molar-refractivity contribution in [2.75, 3.05) is 5.32 Å². The summed E-state index contributed by atoms with van der Waals surface area (Å²) in [5.74, 6) is -0.136. The van der Waals surface area contributed by atoms with Gasteiger partial charge in [-0.2, -0.15) is 5.26 Å². The number of benzene rings is 2. The Morgan fingerprint density at radius 2 is 1.93 bits per heavy atom. The SMILES string of the molecule is CC(C)N(Cc1ccc(C#N)cc1)C(=O)CCC1Cc2ccccc2NC1=O. The Morgan fingerprint density at radius 1 is 1.21 bits per heavy atom. The Morgan fingerprint density at radius 3 is 2.61 bits per heavy atom. The van der Waals surface area contributed by atoms with Crippen molar-refractivity contribution >= 4 is 17.5 Å². The first-order chi connectivity index (χ1) is 13.5. The molecule has 1 N–H and O–H groups in total. The van der Waals surface area contributed by atoms with E-state index < -0.39 is 0 Å². The number of anilines is 1. The van der Waals surface area contributed by atoms with Gasteiger partial charge in [0, 0.05) is 30.6 Å². The number of carbonyl (C=O) groups is 2. The van der Waals surface area contributed by atoms with Crippen LogP contribution in [0, 0.1) is 17.2 Å². The van der Waals surface area contributed by atoms with Crippen molar-refractivity contribution in [2.24, 2.45) is 5.92 Å². The van der Waals surface area contributed by atoms with Crippen LogP contribution < -0.4 is 5.32 Å². The lowest BCUT2D eigenvalue weighted by Crippen LogP contribution is -2.37. The number of nitriles is 1. The predicted octanol–water partition coefficient (Wildman–Crippen LogP) is 3.89. The lowest BCUT2D eigenvalue weighted by atomic mass is 9.89. The summed E-state index contributed by atoms with van der Waals surface area (Å²) >= 11 is 0. The molecule has 0 aliphatic carbocycles. The third-order valence-electron chi connectivity index (χ3n) is 5.20. The molecule has 0 saturated carbocycles. The van der Waals surface area contributed by atoms with Gasteiger partial charge in [0.2, 0.25) is 11.8 Å². The Hall–Kier alpha value is -3.13. The molecule has 0 fully saturated rings. The van der Waals surface area contributed by atoms with Gasteiger partial charge in [-0.25, -0.2) is 0 Å². The number of carbonyl (C=O) groups excluding carboxylic acids is 2. The van der Waals surface area contributed by atoms with E-state index >= 15 is 0 Å². The first-order valence-electron chi connectivity index (χ1n) is 9.65. The second-order valence-electron chi connectivity index (χ2n) is 7.51. The number of rotatable bonds is 6. The molecule has 1 unspecified atom stereocenters. The van der Waals surface area contributed by atoms with Crippen molar-refractivity contribution in [1.82, 2.24) is 4.90 Å². The summed E-state index contributed by atoms with van der Waals surface area (Å²) in [6.07, 6.45) is 1.55. The van der Waals surface area contributed by atoms with Crippen LogP contribution in [0.1, 0.15) is 43.4 Å². The standard InChI is InChI=1S/C23H25N3O2/c1-16(2)26(15-18-9-7-17(14-24)8-10-18)22(27)12-11-20-13-19-5-3-4-6-21(19)25-23(20)28/h3-10,16,20H,11-13,15H2,1-2H3,(H,25,28). The fourth-order valence-electron chi connectivity index (χ4n) is 3.53. The molecule has 28 heavy (non-hydrogen) atoms. The summed E-state index contributed by atoms with van der Waals surface area (Å²) in [5.41, 5.74) is 3.60. The third kappa shape index (κ3) is 4.58. The van der Waals surface area contributed by atoms with Crippen LogP contribution in [-0.2, 0) is 22.6 Å². The minimum atomic E-state index is -0.178. The normalized spacial score (nSPS) is 15.5. The fourth-order valence-corrected chi connectivity index (χ4v) is 3.53. The highest BCUT2D eigenvalue weighted by atomic mass is 16.2. The van der Waals surface area contributed by atoms with Crippen molar-refractivity contribution in [1.29, 1.82) is 5.26 Å². The zero-order valence-corrected chi connectivity index (χ0v) is 16.3. The van der Waals surface area contributed by atoms with E-state index in [1.165, 1.54) is 0 Å². The molecule has 0 radical (unpaired) electrons. The van der Waals surface area contributed by atoms with E-state index in [1.54, 1.807) is 12.1 Å². The van der Waals surface area contributed by atoms with Gasteiger partial charge in [0.25, 0.3) is 0 Å². The molecule has 0 saturated heterocycles. The van der Waals surface area contributed by atoms with E-state index in [4.69, 9.17) is 5.26 Å². The topological polar surface area (TPSA) is 73.2 Å². The van der Waals surface area contributed by atoms with Crippen LogP contribution in [0.5, 0.6) is 0 Å². The monoisotopic (exact) mass is 375 g/mol. The van der Waals surface area contributed by atoms with Crippen LogP contribution in [-0.4, -0.2) is 22.8 Å². The molecule has 144 valence electrons. The molecule has 1 atom stereocenters. The Kier molecular flexibility index (Phi) is 6.10. The van der Waals surface area contributed by atoms with Gasteiger partial charge in [-0.15, -0.1) is 0 Å². The molecule has 0 aromatic heterocycles. The summed E-state index contributed by atoms with van der Waals surface area (Å²) in [6, 6.07) is 17.3. The highest BCUT2D eigenvalue weighted by Gasteiger charge is 2.27. The predicted molar refractivity (Wildman–Crippen MR) is 108 cm³/mol. The number of amides is 2. The highest BCUT2D eigenvalue weighted by molar-refractivity contribution is 5.96. The molecule has 0 bridgehead atoms. The van der Waals surface area contributed by atoms with Crippen molar-refractivity contribution in [2.45, 2.75) is 45.7 Å². The lowest BCUT2D eigenvalue weighted by molar-refractivity contribution is -0.134. The molecule has 2 aromatic rings. The number of nitrogens with zero attached hydrogens (tertiary/aromatic N) is 2. The molecule has 5 heteroatoms. The van der Waals surface area contributed by atoms with Crippen molar-refractivity contribution in [3.8, 4) is 6.07 Å². The van der Waals surface area contributed by atoms with Gasteiger partial charge in [-0.05, 0) is 56.0 Å². The molecular formula is C23H25N3O2. The molecule has 3 rings (SSSR count). The molecule has 1 aliphatic heterocycles. The van der Waals surface area contributed by atoms with Crippen LogP contribution >= 0.6 is 0 Å². The smallest absolute Gasteiger partial charge is 0.227 e. The van der Waals surface area contributed by atoms with Gasteiger partial charge in [0.05, 0.1) is 11.6 Å². The molecule has 5 nitrogen and oxygen atoms in total. The third-order valence-corrected chi connectivity index (χ3v) is 5.20. The Balaban J connectivity index is 1.61. The second-order valence-corrected chi connectivity index (χ2v) is 7.51. The zero-order chi connectivity index (χ0) is 20.1. The van der Waals surface area contributed by atoms with Gasteiger partial charge in [-0.3, -0.25) is 9.59 Å². The zero-order valence-electron chi connectivity index (χ0n) is 16.3. The van der Waals surface area contributed by atoms with Gasteiger partial charge < -0.3 is 10.2 Å². The minimum absolute atomic E-state index is 0.00492. The maximum Gasteiger partial charge on any atom is 0.227 e. The van der Waals surface area contributed by atoms with Crippen LogP contribution in [0.2, 0.25) is 0 Å². The Labute approximate surface area is 166 Å². The summed E-state index contributed by atoms with van der Waals surface area (Å²) in [7, 11) is 0. The van der Waals surface area contributed by atoms with Crippen LogP contribution in [0.3, 0.4) is 0 Å². The minimum Gasteiger partial charge on any atom is -0.336 e. The van der Waals surface area contributed by atoms with E-state index in [9.17, 15) is 9.59 Å². The first-order valence-corrected chi connectivity index (χ1v) is 9.65.